The number of hydrogen-bond donors (Lipinski definition) is 2. The molecule has 7 heteroatoms. The quantitative estimate of drug-likeness (QED) is 0.753. The van der Waals surface area contributed by atoms with Gasteiger partial charge in [0.15, 0.2) is 0 Å². The maximum Gasteiger partial charge on any atom is 0.253 e. The first-order valence-electron chi connectivity index (χ1n) is 6.91. The van der Waals surface area contributed by atoms with Gasteiger partial charge in [0, 0.05) is 36.4 Å². The summed E-state index contributed by atoms with van der Waals surface area (Å²) in [6.45, 7) is 0.144. The molecule has 0 aliphatic rings. The molecule has 3 aromatic rings. The first-order valence-corrected chi connectivity index (χ1v) is 6.91. The second-order valence-electron chi connectivity index (χ2n) is 4.75. The molecule has 0 aliphatic heterocycles. The number of carbonyl (C=O) groups excluding carboxylic acids is 1. The molecular formula is C16H13N5O2. The maximum absolute atomic E-state index is 12.0. The number of carbonyl (C=O) groups is 1. The van der Waals surface area contributed by atoms with Crippen molar-refractivity contribution in [2.75, 3.05) is 0 Å². The van der Waals surface area contributed by atoms with Gasteiger partial charge in [-0.25, -0.2) is 4.98 Å². The van der Waals surface area contributed by atoms with Gasteiger partial charge in [-0.05, 0) is 24.3 Å². The monoisotopic (exact) mass is 307 g/mol. The van der Waals surface area contributed by atoms with Crippen LogP contribution in [0.1, 0.15) is 16.1 Å². The molecule has 0 spiro atoms. The molecule has 0 saturated carbocycles. The van der Waals surface area contributed by atoms with Crippen molar-refractivity contribution >= 4 is 5.91 Å². The molecule has 0 bridgehead atoms. The van der Waals surface area contributed by atoms with Gasteiger partial charge < -0.3 is 10.3 Å². The molecule has 0 radical (unpaired) electrons. The molecule has 0 atom stereocenters. The summed E-state index contributed by atoms with van der Waals surface area (Å²) in [5.74, 6) is 0.138. The Morgan fingerprint density at radius 3 is 2.61 bits per heavy atom. The van der Waals surface area contributed by atoms with E-state index in [-0.39, 0.29) is 18.0 Å². The van der Waals surface area contributed by atoms with Crippen LogP contribution in [0, 0.1) is 0 Å². The third kappa shape index (κ3) is 3.65. The second-order valence-corrected chi connectivity index (χ2v) is 4.75. The predicted molar refractivity (Wildman–Crippen MR) is 83.5 cm³/mol. The Hall–Kier alpha value is -3.35. The SMILES string of the molecule is O=C(NCc1cc(=O)[nH]c(-c2cccnc2)n1)c1cccnc1. The summed E-state index contributed by atoms with van der Waals surface area (Å²) in [5.41, 5.74) is 1.32. The van der Waals surface area contributed by atoms with E-state index in [0.717, 1.165) is 0 Å². The highest BCUT2D eigenvalue weighted by atomic mass is 16.1. The summed E-state index contributed by atoms with van der Waals surface area (Å²) in [6.07, 6.45) is 6.31. The number of aromatic nitrogens is 4. The number of hydrogen-bond acceptors (Lipinski definition) is 5. The zero-order chi connectivity index (χ0) is 16.1. The van der Waals surface area contributed by atoms with Gasteiger partial charge in [0.1, 0.15) is 5.82 Å². The first kappa shape index (κ1) is 14.6. The van der Waals surface area contributed by atoms with Gasteiger partial charge in [0.2, 0.25) is 0 Å². The molecule has 1 amide bonds. The molecule has 23 heavy (non-hydrogen) atoms. The summed E-state index contributed by atoms with van der Waals surface area (Å²) in [6, 6.07) is 8.24. The number of pyridine rings is 2. The Balaban J connectivity index is 1.77. The summed E-state index contributed by atoms with van der Waals surface area (Å²) in [5, 5.41) is 2.71. The maximum atomic E-state index is 12.0. The van der Waals surface area contributed by atoms with Crippen molar-refractivity contribution in [3.63, 3.8) is 0 Å². The van der Waals surface area contributed by atoms with Gasteiger partial charge in [-0.15, -0.1) is 0 Å². The van der Waals surface area contributed by atoms with Crippen molar-refractivity contribution in [2.24, 2.45) is 0 Å². The number of nitrogens with one attached hydrogen (secondary N) is 2. The third-order valence-electron chi connectivity index (χ3n) is 3.08. The topological polar surface area (TPSA) is 101 Å². The Labute approximate surface area is 131 Å². The highest BCUT2D eigenvalue weighted by Gasteiger charge is 2.08. The van der Waals surface area contributed by atoms with E-state index >= 15 is 0 Å². The van der Waals surface area contributed by atoms with E-state index in [1.807, 2.05) is 0 Å². The van der Waals surface area contributed by atoms with Crippen molar-refractivity contribution in [3.05, 3.63) is 76.7 Å². The van der Waals surface area contributed by atoms with Crippen molar-refractivity contribution < 1.29 is 4.79 Å². The van der Waals surface area contributed by atoms with Crippen LogP contribution in [0.3, 0.4) is 0 Å². The lowest BCUT2D eigenvalue weighted by Crippen LogP contribution is -2.24. The standard InChI is InChI=1S/C16H13N5O2/c22-14-7-13(10-19-16(23)12-4-2-6-18-9-12)20-15(21-14)11-3-1-5-17-8-11/h1-9H,10H2,(H,19,23)(H,20,21,22). The zero-order valence-corrected chi connectivity index (χ0v) is 12.1. The fourth-order valence-corrected chi connectivity index (χ4v) is 2.01. The van der Waals surface area contributed by atoms with Crippen molar-refractivity contribution in [3.8, 4) is 11.4 Å². The van der Waals surface area contributed by atoms with Crippen LogP contribution in [-0.2, 0) is 6.54 Å². The molecule has 0 aliphatic carbocycles. The molecule has 2 N–H and O–H groups in total. The largest absolute Gasteiger partial charge is 0.346 e. The van der Waals surface area contributed by atoms with E-state index in [0.29, 0.717) is 22.6 Å². The van der Waals surface area contributed by atoms with Gasteiger partial charge >= 0.3 is 0 Å². The number of amides is 1. The van der Waals surface area contributed by atoms with E-state index in [9.17, 15) is 9.59 Å². The summed E-state index contributed by atoms with van der Waals surface area (Å²) < 4.78 is 0. The lowest BCUT2D eigenvalue weighted by atomic mass is 10.2. The first-order chi connectivity index (χ1) is 11.2. The Morgan fingerprint density at radius 2 is 1.91 bits per heavy atom. The molecule has 3 heterocycles. The van der Waals surface area contributed by atoms with Crippen molar-refractivity contribution in [1.82, 2.24) is 25.3 Å². The van der Waals surface area contributed by atoms with E-state index in [4.69, 9.17) is 0 Å². The smallest absolute Gasteiger partial charge is 0.253 e. The number of aromatic amines is 1. The Morgan fingerprint density at radius 1 is 1.13 bits per heavy atom. The molecule has 0 unspecified atom stereocenters. The average Bonchev–Trinajstić information content (AvgIpc) is 2.61. The fourth-order valence-electron chi connectivity index (χ4n) is 2.01. The minimum atomic E-state index is -0.288. The van der Waals surface area contributed by atoms with Crippen LogP contribution in [0.25, 0.3) is 11.4 Å². The van der Waals surface area contributed by atoms with Crippen LogP contribution in [0.2, 0.25) is 0 Å². The minimum absolute atomic E-state index is 0.144. The molecule has 0 saturated heterocycles. The molecule has 0 fully saturated rings. The normalized spacial score (nSPS) is 10.3. The van der Waals surface area contributed by atoms with Crippen molar-refractivity contribution in [2.45, 2.75) is 6.54 Å². The predicted octanol–water partition coefficient (Wildman–Crippen LogP) is 1.16. The Bertz CT molecular complexity index is 862. The summed E-state index contributed by atoms with van der Waals surface area (Å²) >= 11 is 0. The van der Waals surface area contributed by atoms with Gasteiger partial charge in [0.25, 0.3) is 11.5 Å². The number of rotatable bonds is 4. The minimum Gasteiger partial charge on any atom is -0.346 e. The highest BCUT2D eigenvalue weighted by Crippen LogP contribution is 2.11. The molecular weight excluding hydrogens is 294 g/mol. The van der Waals surface area contributed by atoms with Crippen LogP contribution >= 0.6 is 0 Å². The van der Waals surface area contributed by atoms with Crippen LogP contribution in [-0.4, -0.2) is 25.8 Å². The van der Waals surface area contributed by atoms with E-state index in [2.05, 4.69) is 25.3 Å². The fraction of sp³-hybridized carbons (Fsp3) is 0.0625. The van der Waals surface area contributed by atoms with E-state index < -0.39 is 0 Å². The average molecular weight is 307 g/mol. The van der Waals surface area contributed by atoms with Crippen molar-refractivity contribution in [1.29, 1.82) is 0 Å². The van der Waals surface area contributed by atoms with Crippen LogP contribution in [0.5, 0.6) is 0 Å². The van der Waals surface area contributed by atoms with Gasteiger partial charge in [-0.2, -0.15) is 0 Å². The van der Waals surface area contributed by atoms with Crippen LogP contribution < -0.4 is 10.9 Å². The second kappa shape index (κ2) is 6.61. The van der Waals surface area contributed by atoms with E-state index in [1.54, 1.807) is 42.9 Å². The lowest BCUT2D eigenvalue weighted by Gasteiger charge is -2.06. The van der Waals surface area contributed by atoms with Crippen LogP contribution in [0.4, 0.5) is 0 Å². The molecule has 3 aromatic heterocycles. The number of nitrogens with zero attached hydrogens (tertiary/aromatic N) is 3. The van der Waals surface area contributed by atoms with Gasteiger partial charge in [-0.1, -0.05) is 0 Å². The molecule has 3 rings (SSSR count). The van der Waals surface area contributed by atoms with E-state index in [1.165, 1.54) is 12.3 Å². The van der Waals surface area contributed by atoms with Gasteiger partial charge in [-0.3, -0.25) is 19.6 Å². The van der Waals surface area contributed by atoms with Gasteiger partial charge in [0.05, 0.1) is 17.8 Å². The number of H-pyrrole nitrogens is 1. The van der Waals surface area contributed by atoms with Crippen LogP contribution in [0.15, 0.2) is 59.9 Å². The Kier molecular flexibility index (Phi) is 4.19. The summed E-state index contributed by atoms with van der Waals surface area (Å²) in [7, 11) is 0. The molecule has 114 valence electrons. The third-order valence-corrected chi connectivity index (χ3v) is 3.08. The zero-order valence-electron chi connectivity index (χ0n) is 12.1. The molecule has 7 nitrogen and oxygen atoms in total. The summed E-state index contributed by atoms with van der Waals surface area (Å²) in [4.78, 5) is 38.6. The highest BCUT2D eigenvalue weighted by molar-refractivity contribution is 5.93. The lowest BCUT2D eigenvalue weighted by molar-refractivity contribution is 0.0950. The molecule has 0 aromatic carbocycles.